The summed E-state index contributed by atoms with van der Waals surface area (Å²) in [7, 11) is 0. The first kappa shape index (κ1) is 17.6. The molecule has 3 rings (SSSR count). The third-order valence-corrected chi connectivity index (χ3v) is 4.68. The number of amides is 1. The molecule has 0 saturated carbocycles. The second-order valence-corrected chi connectivity index (χ2v) is 6.40. The molecule has 1 aromatic carbocycles. The number of aliphatic hydroxyl groups is 1. The van der Waals surface area contributed by atoms with Crippen molar-refractivity contribution in [3.63, 3.8) is 0 Å². The Hall–Kier alpha value is -2.24. The number of hydrogen-bond donors (Lipinski definition) is 2. The molecule has 1 aromatic heterocycles. The number of pyridine rings is 1. The van der Waals surface area contributed by atoms with Crippen molar-refractivity contribution in [3.05, 3.63) is 65.5 Å². The van der Waals surface area contributed by atoms with E-state index in [0.29, 0.717) is 26.1 Å². The highest BCUT2D eigenvalue weighted by Gasteiger charge is 2.28. The molecule has 0 saturated heterocycles. The molecule has 0 spiro atoms. The van der Waals surface area contributed by atoms with E-state index in [0.717, 1.165) is 18.5 Å². The van der Waals surface area contributed by atoms with Crippen molar-refractivity contribution in [1.29, 1.82) is 0 Å². The van der Waals surface area contributed by atoms with Gasteiger partial charge in [0.1, 0.15) is 0 Å². The van der Waals surface area contributed by atoms with Crippen molar-refractivity contribution in [1.82, 2.24) is 15.2 Å². The molecular formula is C20H25N3O2. The van der Waals surface area contributed by atoms with Gasteiger partial charge in [-0.1, -0.05) is 30.3 Å². The molecule has 0 aliphatic heterocycles. The van der Waals surface area contributed by atoms with Crippen molar-refractivity contribution < 1.29 is 9.90 Å². The Labute approximate surface area is 148 Å². The third kappa shape index (κ3) is 4.65. The average molecular weight is 339 g/mol. The minimum absolute atomic E-state index is 0.00651. The Morgan fingerprint density at radius 3 is 2.88 bits per heavy atom. The predicted octanol–water partition coefficient (Wildman–Crippen LogP) is 2.07. The minimum Gasteiger partial charge on any atom is -0.396 e. The van der Waals surface area contributed by atoms with E-state index >= 15 is 0 Å². The third-order valence-electron chi connectivity index (χ3n) is 4.68. The maximum atomic E-state index is 12.4. The molecule has 5 heteroatoms. The van der Waals surface area contributed by atoms with Crippen molar-refractivity contribution in [3.8, 4) is 0 Å². The van der Waals surface area contributed by atoms with E-state index in [1.54, 1.807) is 6.20 Å². The minimum atomic E-state index is -0.00651. The summed E-state index contributed by atoms with van der Waals surface area (Å²) >= 11 is 0. The number of nitrogens with one attached hydrogen (secondary N) is 1. The molecule has 1 heterocycles. The molecule has 25 heavy (non-hydrogen) atoms. The fraction of sp³-hybridized carbons (Fsp3) is 0.400. The van der Waals surface area contributed by atoms with Crippen LogP contribution in [0, 0.1) is 0 Å². The lowest BCUT2D eigenvalue weighted by molar-refractivity contribution is -0.123. The van der Waals surface area contributed by atoms with Gasteiger partial charge in [-0.3, -0.25) is 14.7 Å². The number of aromatic nitrogens is 1. The van der Waals surface area contributed by atoms with Gasteiger partial charge in [0.05, 0.1) is 18.8 Å². The van der Waals surface area contributed by atoms with E-state index in [9.17, 15) is 9.90 Å². The van der Waals surface area contributed by atoms with Crippen molar-refractivity contribution in [2.24, 2.45) is 0 Å². The van der Waals surface area contributed by atoms with E-state index in [4.69, 9.17) is 0 Å². The molecule has 1 unspecified atom stereocenters. The fourth-order valence-corrected chi connectivity index (χ4v) is 3.47. The highest BCUT2D eigenvalue weighted by atomic mass is 16.3. The maximum absolute atomic E-state index is 12.4. The zero-order valence-corrected chi connectivity index (χ0v) is 14.4. The number of nitrogens with zero attached hydrogens (tertiary/aromatic N) is 2. The van der Waals surface area contributed by atoms with Crippen LogP contribution in [0.15, 0.2) is 48.7 Å². The smallest absolute Gasteiger partial charge is 0.234 e. The van der Waals surface area contributed by atoms with Crippen LogP contribution in [0.2, 0.25) is 0 Å². The first-order chi connectivity index (χ1) is 12.3. The van der Waals surface area contributed by atoms with Crippen LogP contribution < -0.4 is 5.32 Å². The van der Waals surface area contributed by atoms with Crippen LogP contribution in [-0.4, -0.2) is 40.6 Å². The topological polar surface area (TPSA) is 65.5 Å². The highest BCUT2D eigenvalue weighted by Crippen LogP contribution is 2.35. The Morgan fingerprint density at radius 2 is 2.08 bits per heavy atom. The molecule has 2 aromatic rings. The van der Waals surface area contributed by atoms with Gasteiger partial charge in [0.2, 0.25) is 5.91 Å². The SMILES string of the molecule is O=C(CN(CCCO)C1CCc2ccccc21)NCc1ccccn1. The molecule has 0 fully saturated rings. The summed E-state index contributed by atoms with van der Waals surface area (Å²) in [6.45, 7) is 1.63. The standard InChI is InChI=1S/C20H25N3O2/c24-13-5-12-23(19-10-9-16-6-1-2-8-18(16)19)15-20(25)22-14-17-7-3-4-11-21-17/h1-4,6-8,11,19,24H,5,9-10,12-15H2,(H,22,25). The molecule has 0 bridgehead atoms. The zero-order chi connectivity index (χ0) is 17.5. The molecule has 1 atom stereocenters. The molecular weight excluding hydrogens is 314 g/mol. The van der Waals surface area contributed by atoms with Crippen LogP contribution >= 0.6 is 0 Å². The summed E-state index contributed by atoms with van der Waals surface area (Å²) < 4.78 is 0. The first-order valence-electron chi connectivity index (χ1n) is 8.87. The van der Waals surface area contributed by atoms with Crippen LogP contribution in [0.25, 0.3) is 0 Å². The lowest BCUT2D eigenvalue weighted by Crippen LogP contribution is -2.39. The van der Waals surface area contributed by atoms with E-state index in [1.165, 1.54) is 11.1 Å². The zero-order valence-electron chi connectivity index (χ0n) is 14.4. The number of hydrogen-bond acceptors (Lipinski definition) is 4. The number of fused-ring (bicyclic) bond motifs is 1. The van der Waals surface area contributed by atoms with Crippen LogP contribution in [-0.2, 0) is 17.8 Å². The van der Waals surface area contributed by atoms with Crippen molar-refractivity contribution >= 4 is 5.91 Å². The summed E-state index contributed by atoms with van der Waals surface area (Å²) in [5.74, 6) is -0.00651. The van der Waals surface area contributed by atoms with Crippen LogP contribution in [0.5, 0.6) is 0 Å². The molecule has 1 amide bonds. The Balaban J connectivity index is 1.62. The van der Waals surface area contributed by atoms with Gasteiger partial charge < -0.3 is 10.4 Å². The van der Waals surface area contributed by atoms with Crippen molar-refractivity contribution in [2.75, 3.05) is 19.7 Å². The van der Waals surface area contributed by atoms with E-state index in [2.05, 4.69) is 39.5 Å². The van der Waals surface area contributed by atoms with Gasteiger partial charge >= 0.3 is 0 Å². The predicted molar refractivity (Wildman–Crippen MR) is 96.9 cm³/mol. The average Bonchev–Trinajstić information content (AvgIpc) is 3.08. The number of carbonyl (C=O) groups is 1. The Kier molecular flexibility index (Phi) is 6.14. The first-order valence-corrected chi connectivity index (χ1v) is 8.87. The number of rotatable bonds is 8. The molecule has 1 aliphatic carbocycles. The second-order valence-electron chi connectivity index (χ2n) is 6.40. The van der Waals surface area contributed by atoms with Crippen molar-refractivity contribution in [2.45, 2.75) is 31.8 Å². The molecule has 0 radical (unpaired) electrons. The monoisotopic (exact) mass is 339 g/mol. The number of aliphatic hydroxyl groups excluding tert-OH is 1. The highest BCUT2D eigenvalue weighted by molar-refractivity contribution is 5.78. The van der Waals surface area contributed by atoms with Gasteiger partial charge in [0.15, 0.2) is 0 Å². The van der Waals surface area contributed by atoms with Gasteiger partial charge in [-0.25, -0.2) is 0 Å². The summed E-state index contributed by atoms with van der Waals surface area (Å²) in [4.78, 5) is 18.8. The number of benzene rings is 1. The van der Waals surface area contributed by atoms with Gasteiger partial charge in [-0.15, -0.1) is 0 Å². The maximum Gasteiger partial charge on any atom is 0.234 e. The largest absolute Gasteiger partial charge is 0.396 e. The number of carbonyl (C=O) groups excluding carboxylic acids is 1. The fourth-order valence-electron chi connectivity index (χ4n) is 3.47. The lowest BCUT2D eigenvalue weighted by Gasteiger charge is -2.29. The normalized spacial score (nSPS) is 16.0. The van der Waals surface area contributed by atoms with E-state index in [1.807, 2.05) is 18.2 Å². The Morgan fingerprint density at radius 1 is 1.24 bits per heavy atom. The van der Waals surface area contributed by atoms with E-state index in [-0.39, 0.29) is 18.6 Å². The van der Waals surface area contributed by atoms with Gasteiger partial charge in [-0.2, -0.15) is 0 Å². The van der Waals surface area contributed by atoms with Gasteiger partial charge in [0, 0.05) is 25.4 Å². The summed E-state index contributed by atoms with van der Waals surface area (Å²) in [6.07, 6.45) is 4.47. The lowest BCUT2D eigenvalue weighted by atomic mass is 10.1. The van der Waals surface area contributed by atoms with Gasteiger partial charge in [-0.05, 0) is 42.5 Å². The second kappa shape index (κ2) is 8.74. The molecule has 2 N–H and O–H groups in total. The molecule has 5 nitrogen and oxygen atoms in total. The molecule has 132 valence electrons. The number of aryl methyl sites for hydroxylation is 1. The summed E-state index contributed by atoms with van der Waals surface area (Å²) in [5.41, 5.74) is 3.54. The van der Waals surface area contributed by atoms with E-state index < -0.39 is 0 Å². The van der Waals surface area contributed by atoms with Crippen LogP contribution in [0.1, 0.15) is 35.7 Å². The van der Waals surface area contributed by atoms with Crippen LogP contribution in [0.3, 0.4) is 0 Å². The Bertz CT molecular complexity index is 690. The summed E-state index contributed by atoms with van der Waals surface area (Å²) in [5, 5.41) is 12.2. The van der Waals surface area contributed by atoms with Gasteiger partial charge in [0.25, 0.3) is 0 Å². The van der Waals surface area contributed by atoms with Crippen LogP contribution in [0.4, 0.5) is 0 Å². The summed E-state index contributed by atoms with van der Waals surface area (Å²) in [6, 6.07) is 14.4. The molecule has 1 aliphatic rings. The quantitative estimate of drug-likeness (QED) is 0.773.